The van der Waals surface area contributed by atoms with E-state index in [2.05, 4.69) is 73.9 Å². The van der Waals surface area contributed by atoms with Crippen molar-refractivity contribution in [1.29, 1.82) is 0 Å². The van der Waals surface area contributed by atoms with E-state index in [0.29, 0.717) is 18.4 Å². The molecule has 12 heteroatoms. The number of piperidine rings is 1. The van der Waals surface area contributed by atoms with Gasteiger partial charge in [-0.25, -0.2) is 19.9 Å². The fourth-order valence-corrected chi connectivity index (χ4v) is 7.56. The number of methoxy groups -OCH3 is 2. The Morgan fingerprint density at radius 3 is 2.60 bits per heavy atom. The highest BCUT2D eigenvalue weighted by molar-refractivity contribution is 7.15. The molecule has 1 fully saturated rings. The second-order valence-corrected chi connectivity index (χ2v) is 13.6. The van der Waals surface area contributed by atoms with Crippen molar-refractivity contribution in [3.05, 3.63) is 95.9 Å². The molecule has 1 saturated heterocycles. The van der Waals surface area contributed by atoms with Gasteiger partial charge >= 0.3 is 0 Å². The van der Waals surface area contributed by atoms with Gasteiger partial charge in [0.15, 0.2) is 4.96 Å². The maximum atomic E-state index is 5.84. The number of hydrogen-bond donors (Lipinski definition) is 2. The summed E-state index contributed by atoms with van der Waals surface area (Å²) in [5.41, 5.74) is 8.33. The Bertz CT molecular complexity index is 2280. The molecule has 3 aromatic carbocycles. The molecule has 0 unspecified atom stereocenters. The van der Waals surface area contributed by atoms with E-state index in [1.54, 1.807) is 31.8 Å². The first-order valence-electron chi connectivity index (χ1n) is 16.7. The molecule has 0 radical (unpaired) electrons. The molecule has 0 atom stereocenters. The third kappa shape index (κ3) is 6.12. The Kier molecular flexibility index (Phi) is 8.55. The lowest BCUT2D eigenvalue weighted by Gasteiger charge is -2.36. The van der Waals surface area contributed by atoms with Crippen LogP contribution in [0.15, 0.2) is 84.5 Å². The predicted octanol–water partition coefficient (Wildman–Crippen LogP) is 7.28. The molecule has 7 aromatic rings. The van der Waals surface area contributed by atoms with Crippen LogP contribution in [0, 0.1) is 0 Å². The predicted molar refractivity (Wildman–Crippen MR) is 200 cm³/mol. The fourth-order valence-electron chi connectivity index (χ4n) is 6.85. The zero-order valence-corrected chi connectivity index (χ0v) is 29.4. The number of benzene rings is 3. The average molecular weight is 686 g/mol. The van der Waals surface area contributed by atoms with Crippen molar-refractivity contribution >= 4 is 44.7 Å². The first kappa shape index (κ1) is 31.8. The minimum Gasteiger partial charge on any atom is -0.496 e. The Labute approximate surface area is 294 Å². The summed E-state index contributed by atoms with van der Waals surface area (Å²) in [6.07, 6.45) is 6.73. The van der Waals surface area contributed by atoms with Gasteiger partial charge in [-0.2, -0.15) is 0 Å². The summed E-state index contributed by atoms with van der Waals surface area (Å²) >= 11 is 1.59. The molecule has 0 saturated carbocycles. The molecule has 0 amide bonds. The largest absolute Gasteiger partial charge is 0.496 e. The van der Waals surface area contributed by atoms with Crippen LogP contribution in [-0.2, 0) is 6.42 Å². The maximum Gasteiger partial charge on any atom is 0.227 e. The minimum atomic E-state index is 0.474. The van der Waals surface area contributed by atoms with Gasteiger partial charge in [-0.05, 0) is 63.3 Å². The highest BCUT2D eigenvalue weighted by atomic mass is 32.1. The third-order valence-corrected chi connectivity index (χ3v) is 10.3. The summed E-state index contributed by atoms with van der Waals surface area (Å²) in [6.45, 7) is 2.04. The van der Waals surface area contributed by atoms with Crippen molar-refractivity contribution in [2.45, 2.75) is 25.3 Å². The number of thiazole rings is 1. The molecule has 8 rings (SSSR count). The number of ether oxygens (including phenoxy) is 2. The van der Waals surface area contributed by atoms with E-state index in [-0.39, 0.29) is 0 Å². The van der Waals surface area contributed by atoms with Crippen LogP contribution in [0.4, 0.5) is 17.3 Å². The Hall–Kier alpha value is -5.46. The highest BCUT2D eigenvalue weighted by Crippen LogP contribution is 2.36. The lowest BCUT2D eigenvalue weighted by Crippen LogP contribution is -2.41. The summed E-state index contributed by atoms with van der Waals surface area (Å²) in [5, 5.41) is 5.45. The van der Waals surface area contributed by atoms with E-state index in [0.717, 1.165) is 98.8 Å². The zero-order chi connectivity index (χ0) is 34.2. The summed E-state index contributed by atoms with van der Waals surface area (Å²) in [6, 6.07) is 23.1. The van der Waals surface area contributed by atoms with Gasteiger partial charge in [0.05, 0.1) is 42.3 Å². The maximum absolute atomic E-state index is 5.84. The fraction of sp³-hybridized carbons (Fsp3) is 0.263. The highest BCUT2D eigenvalue weighted by Gasteiger charge is 2.23. The normalized spacial score (nSPS) is 13.8. The van der Waals surface area contributed by atoms with Crippen LogP contribution in [-0.4, -0.2) is 81.7 Å². The lowest BCUT2D eigenvalue weighted by atomic mass is 10.0. The van der Waals surface area contributed by atoms with Gasteiger partial charge in [0, 0.05) is 66.2 Å². The van der Waals surface area contributed by atoms with Crippen LogP contribution in [0.2, 0.25) is 0 Å². The Morgan fingerprint density at radius 2 is 1.78 bits per heavy atom. The van der Waals surface area contributed by atoms with E-state index in [1.807, 2.05) is 48.0 Å². The molecule has 50 heavy (non-hydrogen) atoms. The van der Waals surface area contributed by atoms with Gasteiger partial charge in [0.1, 0.15) is 23.0 Å². The van der Waals surface area contributed by atoms with Gasteiger partial charge < -0.3 is 29.6 Å². The number of hydrogen-bond acceptors (Lipinski definition) is 10. The van der Waals surface area contributed by atoms with E-state index in [1.165, 1.54) is 0 Å². The summed E-state index contributed by atoms with van der Waals surface area (Å²) in [7, 11) is 7.72. The minimum absolute atomic E-state index is 0.474. The van der Waals surface area contributed by atoms with E-state index < -0.39 is 0 Å². The molecule has 0 aliphatic carbocycles. The number of fused-ring (bicyclic) bond motifs is 2. The van der Waals surface area contributed by atoms with Crippen LogP contribution in [0.3, 0.4) is 0 Å². The number of anilines is 3. The van der Waals surface area contributed by atoms with Crippen molar-refractivity contribution in [2.24, 2.45) is 0 Å². The molecular weight excluding hydrogens is 647 g/mol. The van der Waals surface area contributed by atoms with Gasteiger partial charge in [-0.1, -0.05) is 24.3 Å². The number of H-pyrrole nitrogens is 1. The zero-order valence-electron chi connectivity index (χ0n) is 28.6. The molecule has 254 valence electrons. The molecule has 4 aromatic heterocycles. The number of nitrogens with zero attached hydrogens (tertiary/aromatic N) is 7. The quantitative estimate of drug-likeness (QED) is 0.154. The number of aromatic nitrogens is 6. The van der Waals surface area contributed by atoms with Crippen LogP contribution in [0.25, 0.3) is 38.6 Å². The average Bonchev–Trinajstić information content (AvgIpc) is 3.86. The third-order valence-electron chi connectivity index (χ3n) is 9.51. The Balaban J connectivity index is 1.08. The molecule has 1 aliphatic heterocycles. The Morgan fingerprint density at radius 1 is 0.940 bits per heavy atom. The number of para-hydroxylation sites is 1. The topological polar surface area (TPSA) is 109 Å². The number of imidazole rings is 2. The number of rotatable bonds is 10. The first-order valence-corrected chi connectivity index (χ1v) is 17.6. The van der Waals surface area contributed by atoms with Crippen molar-refractivity contribution < 1.29 is 9.47 Å². The number of aromatic amines is 1. The molecule has 11 nitrogen and oxygen atoms in total. The first-order chi connectivity index (χ1) is 24.5. The van der Waals surface area contributed by atoms with Gasteiger partial charge in [-0.3, -0.25) is 4.40 Å². The van der Waals surface area contributed by atoms with E-state index in [4.69, 9.17) is 24.4 Å². The lowest BCUT2D eigenvalue weighted by molar-refractivity contribution is 0.249. The summed E-state index contributed by atoms with van der Waals surface area (Å²) in [4.78, 5) is 28.6. The second-order valence-electron chi connectivity index (χ2n) is 12.7. The number of nitrogens with one attached hydrogen (secondary N) is 2. The van der Waals surface area contributed by atoms with Crippen LogP contribution < -0.4 is 19.7 Å². The van der Waals surface area contributed by atoms with Crippen LogP contribution in [0.1, 0.15) is 24.2 Å². The van der Waals surface area contributed by atoms with Gasteiger partial charge in [-0.15, -0.1) is 11.3 Å². The molecule has 2 N–H and O–H groups in total. The molecule has 5 heterocycles. The van der Waals surface area contributed by atoms with E-state index >= 15 is 0 Å². The van der Waals surface area contributed by atoms with E-state index in [9.17, 15) is 0 Å². The SMILES string of the molecule is COc1ccccc1Cc1nc2ccc(-c3nc4sccn4c3-c3ccnc(Nc4ccc(N5CCC(N(C)C)CC5)cc4OC)n3)cc2[nH]1. The van der Waals surface area contributed by atoms with Gasteiger partial charge in [0.25, 0.3) is 0 Å². The summed E-state index contributed by atoms with van der Waals surface area (Å²) < 4.78 is 13.5. The van der Waals surface area contributed by atoms with Crippen molar-refractivity contribution in [3.8, 4) is 34.1 Å². The standard InChI is InChI=1S/C38H39N9O2S/c1-45(2)26-14-17-46(18-15-26)27-10-12-29(33(23-27)49-4)42-37-39-16-13-30(43-37)36-35(44-38-47(36)19-20-50-38)25-9-11-28-31(21-25)41-34(40-28)22-24-7-5-6-8-32(24)48-3/h5-13,16,19-21,23,26H,14-15,17-18,22H2,1-4H3,(H,40,41)(H,39,42,43). The summed E-state index contributed by atoms with van der Waals surface area (Å²) in [5.74, 6) is 2.94. The van der Waals surface area contributed by atoms with Crippen LogP contribution in [0.5, 0.6) is 11.5 Å². The van der Waals surface area contributed by atoms with Crippen molar-refractivity contribution in [1.82, 2.24) is 34.2 Å². The smallest absolute Gasteiger partial charge is 0.227 e. The molecule has 0 spiro atoms. The van der Waals surface area contributed by atoms with Crippen molar-refractivity contribution in [2.75, 3.05) is 51.6 Å². The molecular formula is C38H39N9O2S. The molecule has 1 aliphatic rings. The van der Waals surface area contributed by atoms with Gasteiger partial charge in [0.2, 0.25) is 5.95 Å². The second kappa shape index (κ2) is 13.4. The monoisotopic (exact) mass is 685 g/mol. The van der Waals surface area contributed by atoms with Crippen molar-refractivity contribution in [3.63, 3.8) is 0 Å². The van der Waals surface area contributed by atoms with Crippen LogP contribution >= 0.6 is 11.3 Å². The molecule has 0 bridgehead atoms.